The van der Waals surface area contributed by atoms with Gasteiger partial charge in [-0.1, -0.05) is 0 Å². The third kappa shape index (κ3) is 5.36. The Morgan fingerprint density at radius 3 is 2.33 bits per heavy atom. The van der Waals surface area contributed by atoms with Gasteiger partial charge in [0.05, 0.1) is 20.8 Å². The first-order valence-electron chi connectivity index (χ1n) is 6.43. The van der Waals surface area contributed by atoms with Gasteiger partial charge in [-0.3, -0.25) is 9.69 Å². The molecule has 0 spiro atoms. The van der Waals surface area contributed by atoms with E-state index in [9.17, 15) is 4.79 Å². The highest BCUT2D eigenvalue weighted by atomic mass is 35.5. The average Bonchev–Trinajstić information content (AvgIpc) is 2.47. The fraction of sp³-hybridized carbons (Fsp3) is 0.500. The first-order chi connectivity index (χ1) is 9.24. The molecule has 1 N–H and O–H groups in total. The van der Waals surface area contributed by atoms with Crippen molar-refractivity contribution >= 4 is 30.6 Å². The second-order valence-electron chi connectivity index (χ2n) is 4.52. The number of methoxy groups -OCH3 is 2. The zero-order chi connectivity index (χ0) is 13.7. The number of carbonyl (C=O) groups excluding carboxylic acids is 1. The van der Waals surface area contributed by atoms with Crippen LogP contribution in [-0.4, -0.2) is 57.6 Å². The lowest BCUT2D eigenvalue weighted by molar-refractivity contribution is 0.0921. The third-order valence-corrected chi connectivity index (χ3v) is 3.28. The van der Waals surface area contributed by atoms with Gasteiger partial charge in [-0.25, -0.2) is 0 Å². The zero-order valence-corrected chi connectivity index (χ0v) is 13.9. The second-order valence-corrected chi connectivity index (χ2v) is 4.52. The molecule has 1 heterocycles. The number of hydrogen-bond donors (Lipinski definition) is 1. The predicted octanol–water partition coefficient (Wildman–Crippen LogP) is 1.64. The highest BCUT2D eigenvalue weighted by molar-refractivity contribution is 5.98. The number of Topliss-reactive ketones (excluding diaryl/α,β-unsaturated/α-hetero) is 1. The number of hydrogen-bond acceptors (Lipinski definition) is 5. The first kappa shape index (κ1) is 20.0. The molecule has 1 aromatic rings. The van der Waals surface area contributed by atoms with E-state index >= 15 is 0 Å². The molecule has 5 nitrogen and oxygen atoms in total. The Balaban J connectivity index is 0.00000200. The fourth-order valence-electron chi connectivity index (χ4n) is 2.17. The minimum Gasteiger partial charge on any atom is -0.493 e. The van der Waals surface area contributed by atoms with Crippen LogP contribution in [0, 0.1) is 0 Å². The molecule has 0 radical (unpaired) electrons. The zero-order valence-electron chi connectivity index (χ0n) is 12.3. The van der Waals surface area contributed by atoms with Crippen molar-refractivity contribution in [3.63, 3.8) is 0 Å². The highest BCUT2D eigenvalue weighted by Gasteiger charge is 2.16. The van der Waals surface area contributed by atoms with Gasteiger partial charge in [0.15, 0.2) is 17.3 Å². The van der Waals surface area contributed by atoms with Crippen LogP contribution >= 0.6 is 24.8 Å². The molecule has 2 rings (SSSR count). The molecule has 7 heteroatoms. The van der Waals surface area contributed by atoms with Crippen molar-refractivity contribution in [1.29, 1.82) is 0 Å². The van der Waals surface area contributed by atoms with E-state index in [1.54, 1.807) is 32.4 Å². The van der Waals surface area contributed by atoms with E-state index < -0.39 is 0 Å². The van der Waals surface area contributed by atoms with Crippen LogP contribution in [0.4, 0.5) is 0 Å². The van der Waals surface area contributed by atoms with Gasteiger partial charge in [0.2, 0.25) is 0 Å². The molecule has 1 saturated heterocycles. The summed E-state index contributed by atoms with van der Waals surface area (Å²) in [7, 11) is 3.16. The van der Waals surface area contributed by atoms with Crippen LogP contribution in [0.15, 0.2) is 18.2 Å². The number of piperazine rings is 1. The molecule has 0 unspecified atom stereocenters. The van der Waals surface area contributed by atoms with Crippen molar-refractivity contribution in [1.82, 2.24) is 10.2 Å². The summed E-state index contributed by atoms with van der Waals surface area (Å²) < 4.78 is 10.4. The van der Waals surface area contributed by atoms with Gasteiger partial charge in [0.25, 0.3) is 0 Å². The van der Waals surface area contributed by atoms with E-state index in [0.717, 1.165) is 26.2 Å². The second kappa shape index (κ2) is 9.84. The molecule has 0 aliphatic carbocycles. The van der Waals surface area contributed by atoms with Crippen LogP contribution in [0.2, 0.25) is 0 Å². The summed E-state index contributed by atoms with van der Waals surface area (Å²) in [6, 6.07) is 5.29. The molecule has 120 valence electrons. The van der Waals surface area contributed by atoms with Crippen LogP contribution in [-0.2, 0) is 0 Å². The van der Waals surface area contributed by atoms with Crippen LogP contribution in [0.1, 0.15) is 10.4 Å². The van der Waals surface area contributed by atoms with Crippen LogP contribution in [0.3, 0.4) is 0 Å². The number of carbonyl (C=O) groups is 1. The maximum atomic E-state index is 12.2. The quantitative estimate of drug-likeness (QED) is 0.828. The topological polar surface area (TPSA) is 50.8 Å². The van der Waals surface area contributed by atoms with Crippen molar-refractivity contribution in [3.8, 4) is 11.5 Å². The van der Waals surface area contributed by atoms with Gasteiger partial charge < -0.3 is 14.8 Å². The smallest absolute Gasteiger partial charge is 0.176 e. The number of ether oxygens (including phenoxy) is 2. The predicted molar refractivity (Wildman–Crippen MR) is 87.7 cm³/mol. The first-order valence-corrected chi connectivity index (χ1v) is 6.43. The van der Waals surface area contributed by atoms with E-state index in [-0.39, 0.29) is 30.6 Å². The fourth-order valence-corrected chi connectivity index (χ4v) is 2.17. The van der Waals surface area contributed by atoms with Gasteiger partial charge in [-0.05, 0) is 18.2 Å². The summed E-state index contributed by atoms with van der Waals surface area (Å²) in [6.07, 6.45) is 0. The van der Waals surface area contributed by atoms with E-state index in [0.29, 0.717) is 23.6 Å². The van der Waals surface area contributed by atoms with Gasteiger partial charge >= 0.3 is 0 Å². The van der Waals surface area contributed by atoms with Crippen molar-refractivity contribution in [2.45, 2.75) is 0 Å². The number of rotatable bonds is 5. The van der Waals surface area contributed by atoms with E-state index in [2.05, 4.69) is 10.2 Å². The van der Waals surface area contributed by atoms with Gasteiger partial charge in [-0.15, -0.1) is 24.8 Å². The number of nitrogens with one attached hydrogen (secondary N) is 1. The van der Waals surface area contributed by atoms with Crippen LogP contribution in [0.25, 0.3) is 0 Å². The Bertz CT molecular complexity index is 452. The Morgan fingerprint density at radius 1 is 1.14 bits per heavy atom. The van der Waals surface area contributed by atoms with Gasteiger partial charge in [0.1, 0.15) is 0 Å². The van der Waals surface area contributed by atoms with E-state index in [1.807, 2.05) is 0 Å². The van der Waals surface area contributed by atoms with Crippen LogP contribution < -0.4 is 14.8 Å². The standard InChI is InChI=1S/C14H20N2O3.2ClH/c1-18-13-4-3-11(9-14(13)19-2)12(17)10-16-7-5-15-6-8-16;;/h3-4,9,15H,5-8,10H2,1-2H3;2*1H. The summed E-state index contributed by atoms with van der Waals surface area (Å²) in [5, 5.41) is 3.27. The summed E-state index contributed by atoms with van der Waals surface area (Å²) in [4.78, 5) is 14.4. The van der Waals surface area contributed by atoms with Gasteiger partial charge in [0, 0.05) is 31.7 Å². The molecular formula is C14H22Cl2N2O3. The Morgan fingerprint density at radius 2 is 1.76 bits per heavy atom. The number of halogens is 2. The third-order valence-electron chi connectivity index (χ3n) is 3.28. The normalized spacial score (nSPS) is 14.6. The Kier molecular flexibility index (Phi) is 9.37. The summed E-state index contributed by atoms with van der Waals surface area (Å²) in [6.45, 7) is 4.17. The van der Waals surface area contributed by atoms with Crippen molar-refractivity contribution in [2.75, 3.05) is 46.9 Å². The van der Waals surface area contributed by atoms with E-state index in [1.165, 1.54) is 0 Å². The monoisotopic (exact) mass is 336 g/mol. The molecule has 0 atom stereocenters. The Hall–Kier alpha value is -1.01. The number of nitrogens with zero attached hydrogens (tertiary/aromatic N) is 1. The Labute approximate surface area is 137 Å². The lowest BCUT2D eigenvalue weighted by Gasteiger charge is -2.26. The molecule has 1 fully saturated rings. The number of benzene rings is 1. The molecular weight excluding hydrogens is 315 g/mol. The minimum absolute atomic E-state index is 0. The van der Waals surface area contributed by atoms with Crippen molar-refractivity contribution in [3.05, 3.63) is 23.8 Å². The lowest BCUT2D eigenvalue weighted by atomic mass is 10.1. The highest BCUT2D eigenvalue weighted by Crippen LogP contribution is 2.27. The largest absolute Gasteiger partial charge is 0.493 e. The van der Waals surface area contributed by atoms with Gasteiger partial charge in [-0.2, -0.15) is 0 Å². The molecule has 1 aliphatic heterocycles. The molecule has 0 bridgehead atoms. The van der Waals surface area contributed by atoms with Crippen molar-refractivity contribution in [2.24, 2.45) is 0 Å². The molecule has 0 aromatic heterocycles. The van der Waals surface area contributed by atoms with Crippen LogP contribution in [0.5, 0.6) is 11.5 Å². The molecule has 1 aliphatic rings. The summed E-state index contributed by atoms with van der Waals surface area (Å²) in [5.41, 5.74) is 0.663. The summed E-state index contributed by atoms with van der Waals surface area (Å²) in [5.74, 6) is 1.35. The lowest BCUT2D eigenvalue weighted by Crippen LogP contribution is -2.45. The maximum absolute atomic E-state index is 12.2. The summed E-state index contributed by atoms with van der Waals surface area (Å²) >= 11 is 0. The number of ketones is 1. The molecule has 1 aromatic carbocycles. The van der Waals surface area contributed by atoms with E-state index in [4.69, 9.17) is 9.47 Å². The average molecular weight is 337 g/mol. The molecule has 0 amide bonds. The SMILES string of the molecule is COc1ccc(C(=O)CN2CCNCC2)cc1OC.Cl.Cl. The molecule has 21 heavy (non-hydrogen) atoms. The maximum Gasteiger partial charge on any atom is 0.176 e. The minimum atomic E-state index is 0. The molecule has 0 saturated carbocycles. The van der Waals surface area contributed by atoms with Crippen molar-refractivity contribution < 1.29 is 14.3 Å².